The molecule has 0 heterocycles. The van der Waals surface area contributed by atoms with E-state index in [9.17, 15) is 9.90 Å². The van der Waals surface area contributed by atoms with Crippen molar-refractivity contribution in [3.05, 3.63) is 49.1 Å². The fourth-order valence-electron chi connectivity index (χ4n) is 2.09. The van der Waals surface area contributed by atoms with Gasteiger partial charge in [-0.15, -0.1) is 0 Å². The fraction of sp³-hybridized carbons (Fsp3) is 0.278. The summed E-state index contributed by atoms with van der Waals surface area (Å²) in [5, 5.41) is 12.3. The summed E-state index contributed by atoms with van der Waals surface area (Å²) in [5.74, 6) is 1.74. The normalized spacial score (nSPS) is 10.5. The van der Waals surface area contributed by atoms with E-state index in [2.05, 4.69) is 50.5 Å². The summed E-state index contributed by atoms with van der Waals surface area (Å²) in [4.78, 5) is 11.8. The highest BCUT2D eigenvalue weighted by Crippen LogP contribution is 2.34. The Hall–Kier alpha value is -1.03. The quantitative estimate of drug-likeness (QED) is 0.484. The van der Waals surface area contributed by atoms with E-state index in [0.717, 1.165) is 31.4 Å². The summed E-state index contributed by atoms with van der Waals surface area (Å²) in [6.45, 7) is 2.76. The minimum Gasteiger partial charge on any atom is -0.508 e. The summed E-state index contributed by atoms with van der Waals surface area (Å²) in [6.07, 6.45) is 2.09. The molecule has 0 unspecified atom stereocenters. The van der Waals surface area contributed by atoms with Gasteiger partial charge in [-0.25, -0.2) is 0 Å². The van der Waals surface area contributed by atoms with Crippen molar-refractivity contribution in [2.45, 2.75) is 26.2 Å². The predicted molar refractivity (Wildman–Crippen MR) is 112 cm³/mol. The maximum Gasteiger partial charge on any atom is 0.220 e. The van der Waals surface area contributed by atoms with Crippen molar-refractivity contribution in [3.63, 3.8) is 0 Å². The Kier molecular flexibility index (Phi) is 7.60. The zero-order valence-corrected chi connectivity index (χ0v) is 17.6. The Morgan fingerprint density at radius 2 is 1.88 bits per heavy atom. The van der Waals surface area contributed by atoms with Crippen LogP contribution in [0.3, 0.4) is 0 Å². The summed E-state index contributed by atoms with van der Waals surface area (Å²) in [7, 11) is 0. The van der Waals surface area contributed by atoms with Crippen molar-refractivity contribution in [2.24, 2.45) is 0 Å². The van der Waals surface area contributed by atoms with Gasteiger partial charge in [0.1, 0.15) is 11.5 Å². The number of benzene rings is 2. The largest absolute Gasteiger partial charge is 0.508 e. The van der Waals surface area contributed by atoms with Crippen molar-refractivity contribution in [3.8, 4) is 17.2 Å². The van der Waals surface area contributed by atoms with E-state index in [1.165, 1.54) is 0 Å². The lowest BCUT2D eigenvalue weighted by molar-refractivity contribution is -0.121. The van der Waals surface area contributed by atoms with Gasteiger partial charge in [0.25, 0.3) is 0 Å². The van der Waals surface area contributed by atoms with E-state index < -0.39 is 0 Å². The lowest BCUT2D eigenvalue weighted by atomic mass is 10.1. The zero-order chi connectivity index (χ0) is 17.5. The van der Waals surface area contributed by atoms with Gasteiger partial charge in [-0.2, -0.15) is 0 Å². The van der Waals surface area contributed by atoms with Gasteiger partial charge in [0.2, 0.25) is 5.91 Å². The third-order valence-electron chi connectivity index (χ3n) is 3.38. The summed E-state index contributed by atoms with van der Waals surface area (Å²) < 4.78 is 7.99. The molecule has 6 heteroatoms. The van der Waals surface area contributed by atoms with Crippen LogP contribution < -0.4 is 10.1 Å². The van der Waals surface area contributed by atoms with Crippen molar-refractivity contribution >= 4 is 51.1 Å². The van der Waals surface area contributed by atoms with E-state index >= 15 is 0 Å². The number of aryl methyl sites for hydroxylation is 1. The minimum atomic E-state index is 0.0761. The maximum absolute atomic E-state index is 11.8. The molecule has 0 aromatic heterocycles. The summed E-state index contributed by atoms with van der Waals surface area (Å²) in [5.41, 5.74) is 1.09. The number of phenols is 1. The molecule has 4 nitrogen and oxygen atoms in total. The Balaban J connectivity index is 2.11. The SMILES string of the molecule is CCCNC(=O)CCc1ccc(I)c(Oc2ccc(O)cc2)c1I. The molecule has 2 aromatic carbocycles. The van der Waals surface area contributed by atoms with E-state index in [4.69, 9.17) is 4.74 Å². The molecule has 0 spiro atoms. The molecule has 0 saturated carbocycles. The molecule has 0 saturated heterocycles. The summed E-state index contributed by atoms with van der Waals surface area (Å²) in [6, 6.07) is 10.7. The first-order valence-electron chi connectivity index (χ1n) is 7.71. The topological polar surface area (TPSA) is 58.6 Å². The molecule has 0 bridgehead atoms. The van der Waals surface area contributed by atoms with Crippen molar-refractivity contribution in [1.29, 1.82) is 0 Å². The van der Waals surface area contributed by atoms with E-state index in [0.29, 0.717) is 18.6 Å². The zero-order valence-electron chi connectivity index (χ0n) is 13.3. The van der Waals surface area contributed by atoms with Crippen LogP contribution in [-0.4, -0.2) is 17.6 Å². The first-order chi connectivity index (χ1) is 11.5. The number of carbonyl (C=O) groups excluding carboxylic acids is 1. The molecule has 1 amide bonds. The van der Waals surface area contributed by atoms with Crippen LogP contribution in [0.15, 0.2) is 36.4 Å². The number of phenolic OH excluding ortho intramolecular Hbond substituents is 1. The number of nitrogens with one attached hydrogen (secondary N) is 1. The van der Waals surface area contributed by atoms with Crippen LogP contribution in [0.2, 0.25) is 0 Å². The first kappa shape index (κ1) is 19.3. The molecular weight excluding hydrogens is 532 g/mol. The van der Waals surface area contributed by atoms with Gasteiger partial charge in [0.15, 0.2) is 5.75 Å². The van der Waals surface area contributed by atoms with E-state index in [1.54, 1.807) is 24.3 Å². The van der Waals surface area contributed by atoms with Crippen LogP contribution in [0.25, 0.3) is 0 Å². The standard InChI is InChI=1S/C18H19I2NO3/c1-2-11-21-16(23)10-4-12-3-9-15(19)18(17(12)20)24-14-7-5-13(22)6-8-14/h3,5-9,22H,2,4,10-11H2,1H3,(H,21,23). The van der Waals surface area contributed by atoms with Crippen LogP contribution in [0.5, 0.6) is 17.2 Å². The Bertz CT molecular complexity index is 702. The lowest BCUT2D eigenvalue weighted by Gasteiger charge is -2.13. The predicted octanol–water partition coefficient (Wildman–Crippen LogP) is 4.85. The molecule has 0 aliphatic heterocycles. The average molecular weight is 551 g/mol. The van der Waals surface area contributed by atoms with Gasteiger partial charge < -0.3 is 15.2 Å². The average Bonchev–Trinajstić information content (AvgIpc) is 2.57. The molecular formula is C18H19I2NO3. The van der Waals surface area contributed by atoms with E-state index in [1.807, 2.05) is 19.1 Å². The number of halogens is 2. The highest BCUT2D eigenvalue weighted by atomic mass is 127. The van der Waals surface area contributed by atoms with Gasteiger partial charge >= 0.3 is 0 Å². The molecule has 0 aliphatic carbocycles. The van der Waals surface area contributed by atoms with Crippen LogP contribution in [0, 0.1) is 7.14 Å². The third kappa shape index (κ3) is 5.51. The fourth-order valence-corrected chi connectivity index (χ4v) is 4.02. The number of aromatic hydroxyl groups is 1. The Morgan fingerprint density at radius 3 is 2.54 bits per heavy atom. The molecule has 0 atom stereocenters. The minimum absolute atomic E-state index is 0.0761. The molecule has 0 fully saturated rings. The van der Waals surface area contributed by atoms with Gasteiger partial charge in [-0.05, 0) is 93.9 Å². The molecule has 2 rings (SSSR count). The van der Waals surface area contributed by atoms with Crippen LogP contribution in [0.1, 0.15) is 25.3 Å². The third-order valence-corrected chi connectivity index (χ3v) is 5.41. The second-order valence-corrected chi connectivity index (χ2v) is 7.54. The monoisotopic (exact) mass is 551 g/mol. The first-order valence-corrected chi connectivity index (χ1v) is 9.87. The van der Waals surface area contributed by atoms with Crippen LogP contribution in [0.4, 0.5) is 0 Å². The lowest BCUT2D eigenvalue weighted by Crippen LogP contribution is -2.24. The van der Waals surface area contributed by atoms with Crippen LogP contribution in [-0.2, 0) is 11.2 Å². The van der Waals surface area contributed by atoms with Crippen molar-refractivity contribution in [2.75, 3.05) is 6.54 Å². The number of amides is 1. The Morgan fingerprint density at radius 1 is 1.17 bits per heavy atom. The van der Waals surface area contributed by atoms with Gasteiger partial charge in [0.05, 0.1) is 7.14 Å². The van der Waals surface area contributed by atoms with Gasteiger partial charge in [-0.3, -0.25) is 4.79 Å². The summed E-state index contributed by atoms with van der Waals surface area (Å²) >= 11 is 4.50. The van der Waals surface area contributed by atoms with Crippen molar-refractivity contribution in [1.82, 2.24) is 5.32 Å². The maximum atomic E-state index is 11.8. The highest BCUT2D eigenvalue weighted by Gasteiger charge is 2.13. The molecule has 0 aliphatic rings. The smallest absolute Gasteiger partial charge is 0.220 e. The number of carbonyl (C=O) groups is 1. The van der Waals surface area contributed by atoms with Crippen LogP contribution >= 0.6 is 45.2 Å². The molecule has 128 valence electrons. The molecule has 24 heavy (non-hydrogen) atoms. The second kappa shape index (κ2) is 9.45. The second-order valence-electron chi connectivity index (χ2n) is 5.30. The van der Waals surface area contributed by atoms with E-state index in [-0.39, 0.29) is 11.7 Å². The van der Waals surface area contributed by atoms with Crippen molar-refractivity contribution < 1.29 is 14.6 Å². The molecule has 2 N–H and O–H groups in total. The number of hydrogen-bond acceptors (Lipinski definition) is 3. The highest BCUT2D eigenvalue weighted by molar-refractivity contribution is 14.1. The molecule has 0 radical (unpaired) electrons. The Labute approximate surface area is 169 Å². The number of hydrogen-bond donors (Lipinski definition) is 2. The van der Waals surface area contributed by atoms with Gasteiger partial charge in [0, 0.05) is 13.0 Å². The van der Waals surface area contributed by atoms with Gasteiger partial charge in [-0.1, -0.05) is 13.0 Å². The molecule has 2 aromatic rings. The number of rotatable bonds is 7. The number of ether oxygens (including phenoxy) is 1.